The van der Waals surface area contributed by atoms with E-state index in [-0.39, 0.29) is 28.0 Å². The summed E-state index contributed by atoms with van der Waals surface area (Å²) >= 11 is 0. The third kappa shape index (κ3) is 5.41. The Kier molecular flexibility index (Phi) is 7.86. The predicted octanol–water partition coefficient (Wildman–Crippen LogP) is 6.15. The van der Waals surface area contributed by atoms with Crippen LogP contribution < -0.4 is 4.74 Å². The van der Waals surface area contributed by atoms with Crippen LogP contribution in [0.4, 0.5) is 0 Å². The number of benzene rings is 1. The number of carbonyl (C=O) groups excluding carboxylic acids is 1. The van der Waals surface area contributed by atoms with E-state index in [1.807, 2.05) is 13.8 Å². The fourth-order valence-electron chi connectivity index (χ4n) is 5.55. The number of allylic oxidation sites excluding steroid dienone is 2. The molecule has 33 heavy (non-hydrogen) atoms. The first-order chi connectivity index (χ1) is 15.4. The predicted molar refractivity (Wildman–Crippen MR) is 137 cm³/mol. The van der Waals surface area contributed by atoms with Crippen LogP contribution in [0.25, 0.3) is 0 Å². The molecule has 4 rings (SSSR count). The van der Waals surface area contributed by atoms with Crippen LogP contribution in [0.2, 0.25) is 0 Å². The smallest absolute Gasteiger partial charge is 0.265 e. The molecule has 5 nitrogen and oxygen atoms in total. The molecule has 0 aromatic heterocycles. The van der Waals surface area contributed by atoms with E-state index in [0.29, 0.717) is 12.8 Å². The summed E-state index contributed by atoms with van der Waals surface area (Å²) in [5.41, 5.74) is 1.40. The molecule has 2 atom stereocenters. The molecule has 3 aliphatic rings. The Bertz CT molecular complexity index is 1020. The minimum atomic E-state index is -4.08. The maximum Gasteiger partial charge on any atom is 0.265 e. The van der Waals surface area contributed by atoms with Gasteiger partial charge in [0.05, 0.1) is 17.8 Å². The van der Waals surface area contributed by atoms with Crippen molar-refractivity contribution in [2.75, 3.05) is 12.4 Å². The van der Waals surface area contributed by atoms with E-state index in [1.165, 1.54) is 22.4 Å². The lowest BCUT2D eigenvalue weighted by Crippen LogP contribution is -2.42. The maximum absolute atomic E-state index is 11.9. The van der Waals surface area contributed by atoms with Crippen LogP contribution in [0.15, 0.2) is 40.0 Å². The molecule has 1 aromatic carbocycles. The molecule has 2 fully saturated rings. The number of aryl methyl sites for hydroxylation is 2. The van der Waals surface area contributed by atoms with Crippen molar-refractivity contribution < 1.29 is 22.5 Å². The van der Waals surface area contributed by atoms with Crippen molar-refractivity contribution in [3.05, 3.63) is 46.2 Å². The average molecular weight is 495 g/mol. The third-order valence-electron chi connectivity index (χ3n) is 7.66. The first kappa shape index (κ1) is 26.0. The van der Waals surface area contributed by atoms with Gasteiger partial charge in [0.2, 0.25) is 0 Å². The second-order valence-corrected chi connectivity index (χ2v) is 13.5. The minimum Gasteiger partial charge on any atom is -0.493 e. The average Bonchev–Trinajstić information content (AvgIpc) is 3.37. The van der Waals surface area contributed by atoms with Crippen molar-refractivity contribution in [1.82, 2.24) is 0 Å². The highest BCUT2D eigenvalue weighted by molar-refractivity contribution is 8.22. The van der Waals surface area contributed by atoms with Crippen molar-refractivity contribution in [2.45, 2.75) is 71.6 Å². The summed E-state index contributed by atoms with van der Waals surface area (Å²) < 4.78 is 36.9. The molecule has 1 heterocycles. The second-order valence-electron chi connectivity index (χ2n) is 10.1. The van der Waals surface area contributed by atoms with Crippen LogP contribution in [0, 0.1) is 30.6 Å². The van der Waals surface area contributed by atoms with E-state index in [9.17, 15) is 13.2 Å². The number of ether oxygens (including phenoxy) is 1. The summed E-state index contributed by atoms with van der Waals surface area (Å²) in [6, 6.07) is 4.56. The van der Waals surface area contributed by atoms with Crippen LogP contribution in [-0.2, 0) is 14.9 Å². The molecular formula is C26H38O5S2. The van der Waals surface area contributed by atoms with Crippen LogP contribution in [-0.4, -0.2) is 31.1 Å². The van der Waals surface area contributed by atoms with E-state index < -0.39 is 21.3 Å². The molecule has 2 aliphatic carbocycles. The van der Waals surface area contributed by atoms with Gasteiger partial charge in [-0.05, 0) is 83.4 Å². The molecular weight excluding hydrogens is 456 g/mol. The molecule has 1 aromatic rings. The monoisotopic (exact) mass is 494 g/mol. The number of Topliss-reactive ketones (excluding diaryl/α,β-unsaturated/α-hetero) is 1. The number of hydrogen-bond donors (Lipinski definition) is 2. The van der Waals surface area contributed by atoms with Crippen molar-refractivity contribution in [3.63, 3.8) is 0 Å². The third-order valence-corrected chi connectivity index (χ3v) is 10.4. The molecule has 0 saturated heterocycles. The van der Waals surface area contributed by atoms with Gasteiger partial charge >= 0.3 is 0 Å². The largest absolute Gasteiger partial charge is 0.493 e. The Morgan fingerprint density at radius 3 is 2.21 bits per heavy atom. The van der Waals surface area contributed by atoms with Gasteiger partial charge in [0.25, 0.3) is 10.1 Å². The lowest BCUT2D eigenvalue weighted by molar-refractivity contribution is -0.128. The molecule has 184 valence electrons. The molecule has 2 bridgehead atoms. The van der Waals surface area contributed by atoms with Gasteiger partial charge in [-0.1, -0.05) is 39.3 Å². The van der Waals surface area contributed by atoms with Gasteiger partial charge in [0.15, 0.2) is 0 Å². The van der Waals surface area contributed by atoms with Gasteiger partial charge in [-0.2, -0.15) is 19.3 Å². The highest BCUT2D eigenvalue weighted by atomic mass is 32.2. The first-order valence-corrected chi connectivity index (χ1v) is 14.9. The summed E-state index contributed by atoms with van der Waals surface area (Å²) in [5.74, 6) is 0.977. The number of fused-ring (bicyclic) bond motifs is 2. The zero-order chi connectivity index (χ0) is 24.4. The SMILES string of the molecule is CC1(C)C2CCC1(CS(=O)(=O)O)C(=O)C2.CCCCOc1c(C)cc([SH]2C=CC=C2)cc1C. The summed E-state index contributed by atoms with van der Waals surface area (Å²) in [4.78, 5) is 13.3. The fourth-order valence-corrected chi connectivity index (χ4v) is 8.55. The molecule has 1 N–H and O–H groups in total. The van der Waals surface area contributed by atoms with Gasteiger partial charge in [-0.25, -0.2) is 0 Å². The van der Waals surface area contributed by atoms with E-state index in [1.54, 1.807) is 0 Å². The van der Waals surface area contributed by atoms with Crippen molar-refractivity contribution in [1.29, 1.82) is 0 Å². The highest BCUT2D eigenvalue weighted by Gasteiger charge is 2.65. The highest BCUT2D eigenvalue weighted by Crippen LogP contribution is 2.64. The van der Waals surface area contributed by atoms with Crippen molar-refractivity contribution in [2.24, 2.45) is 16.7 Å². The molecule has 0 radical (unpaired) electrons. The van der Waals surface area contributed by atoms with Crippen molar-refractivity contribution in [3.8, 4) is 5.75 Å². The summed E-state index contributed by atoms with van der Waals surface area (Å²) in [7, 11) is -4.29. The molecule has 1 aliphatic heterocycles. The molecule has 7 heteroatoms. The number of rotatable bonds is 7. The number of carbonyl (C=O) groups is 1. The lowest BCUT2D eigenvalue weighted by atomic mass is 9.70. The van der Waals surface area contributed by atoms with Gasteiger partial charge in [-0.15, -0.1) is 0 Å². The summed E-state index contributed by atoms with van der Waals surface area (Å²) in [6.07, 6.45) is 8.56. The molecule has 2 unspecified atom stereocenters. The normalized spacial score (nSPS) is 25.9. The van der Waals surface area contributed by atoms with Gasteiger partial charge in [0.1, 0.15) is 11.5 Å². The summed E-state index contributed by atoms with van der Waals surface area (Å²) in [5, 5.41) is 4.59. The van der Waals surface area contributed by atoms with E-state index in [0.717, 1.165) is 25.2 Å². The van der Waals surface area contributed by atoms with Crippen LogP contribution >= 0.6 is 10.9 Å². The zero-order valence-corrected chi connectivity index (χ0v) is 22.1. The molecule has 2 saturated carbocycles. The standard InChI is InChI=1S/C16H22OS.C10H16O4S/c1-4-5-8-17-16-13(2)11-15(12-14(16)3)18-9-6-7-10-18;1-9(2)7-3-4-10(9,8(11)5-7)6-15(12,13)14/h6-7,9-12,18H,4-5,8H2,1-3H3;7H,3-6H2,1-2H3,(H,12,13,14). The summed E-state index contributed by atoms with van der Waals surface area (Å²) in [6.45, 7) is 11.2. The number of hydrogen-bond acceptors (Lipinski definition) is 4. The van der Waals surface area contributed by atoms with E-state index in [4.69, 9.17) is 9.29 Å². The van der Waals surface area contributed by atoms with Crippen LogP contribution in [0.5, 0.6) is 5.75 Å². The number of ketones is 1. The zero-order valence-electron chi connectivity index (χ0n) is 20.4. The minimum absolute atomic E-state index is 0.0152. The molecule has 0 spiro atoms. The maximum atomic E-state index is 11.9. The molecule has 0 amide bonds. The Balaban J connectivity index is 0.000000189. The van der Waals surface area contributed by atoms with E-state index >= 15 is 0 Å². The van der Waals surface area contributed by atoms with E-state index in [2.05, 4.69) is 55.9 Å². The first-order valence-electron chi connectivity index (χ1n) is 11.8. The van der Waals surface area contributed by atoms with Crippen LogP contribution in [0.1, 0.15) is 64.0 Å². The Morgan fingerprint density at radius 1 is 1.15 bits per heavy atom. The Morgan fingerprint density at radius 2 is 1.76 bits per heavy atom. The van der Waals surface area contributed by atoms with Crippen LogP contribution in [0.3, 0.4) is 0 Å². The van der Waals surface area contributed by atoms with Crippen molar-refractivity contribution >= 4 is 26.8 Å². The number of unbranched alkanes of at least 4 members (excludes halogenated alkanes) is 1. The van der Waals surface area contributed by atoms with Gasteiger partial charge in [-0.3, -0.25) is 9.35 Å². The quantitative estimate of drug-likeness (QED) is 0.270. The van der Waals surface area contributed by atoms with Gasteiger partial charge in [0, 0.05) is 6.42 Å². The topological polar surface area (TPSA) is 80.7 Å². The fraction of sp³-hybridized carbons (Fsp3) is 0.577. The number of thiol groups is 1. The Hall–Kier alpha value is -1.57. The second kappa shape index (κ2) is 9.96. The van der Waals surface area contributed by atoms with Gasteiger partial charge < -0.3 is 4.74 Å². The lowest BCUT2D eigenvalue weighted by Gasteiger charge is -2.35. The Labute approximate surface area is 201 Å².